The van der Waals surface area contributed by atoms with Gasteiger partial charge >= 0.3 is 6.18 Å². The molecule has 0 amide bonds. The molecule has 2 heterocycles. The second-order valence-corrected chi connectivity index (χ2v) is 6.87. The number of thiophene rings is 1. The molecule has 2 rings (SSSR count). The van der Waals surface area contributed by atoms with Crippen molar-refractivity contribution in [3.8, 4) is 11.3 Å². The van der Waals surface area contributed by atoms with Gasteiger partial charge in [-0.05, 0) is 6.07 Å². The lowest BCUT2D eigenvalue weighted by atomic mass is 10.2. The van der Waals surface area contributed by atoms with Crippen molar-refractivity contribution >= 4 is 31.1 Å². The second-order valence-electron chi connectivity index (χ2n) is 3.17. The van der Waals surface area contributed by atoms with Crippen molar-refractivity contribution in [3.05, 3.63) is 23.3 Å². The third-order valence-corrected chi connectivity index (χ3v) is 4.94. The average Bonchev–Trinajstić information content (AvgIpc) is 2.84. The van der Waals surface area contributed by atoms with Crippen LogP contribution in [0.4, 0.5) is 13.2 Å². The molecule has 4 nitrogen and oxygen atoms in total. The molecule has 2 aromatic rings. The van der Waals surface area contributed by atoms with Gasteiger partial charge in [-0.25, -0.2) is 8.42 Å². The van der Waals surface area contributed by atoms with E-state index in [1.807, 2.05) is 0 Å². The number of nitrogens with zero attached hydrogens (tertiary/aromatic N) is 1. The minimum Gasteiger partial charge on any atom is -0.351 e. The molecule has 10 heteroatoms. The van der Waals surface area contributed by atoms with E-state index in [1.54, 1.807) is 0 Å². The maximum Gasteiger partial charge on any atom is 0.452 e. The molecule has 0 bridgehead atoms. The number of alkyl halides is 3. The fraction of sp³-hybridized carbons (Fsp3) is 0.125. The summed E-state index contributed by atoms with van der Waals surface area (Å²) in [7, 11) is 1.19. The third kappa shape index (κ3) is 2.68. The Kier molecular flexibility index (Phi) is 3.16. The highest BCUT2D eigenvalue weighted by Crippen LogP contribution is 2.34. The first-order valence-corrected chi connectivity index (χ1v) is 7.44. The predicted molar refractivity (Wildman–Crippen MR) is 57.9 cm³/mol. The van der Waals surface area contributed by atoms with Crippen molar-refractivity contribution in [2.45, 2.75) is 10.4 Å². The average molecular weight is 318 g/mol. The van der Waals surface area contributed by atoms with Gasteiger partial charge in [-0.3, -0.25) is 0 Å². The Balaban J connectivity index is 2.39. The van der Waals surface area contributed by atoms with Gasteiger partial charge in [-0.1, -0.05) is 5.16 Å². The zero-order valence-electron chi connectivity index (χ0n) is 8.23. The summed E-state index contributed by atoms with van der Waals surface area (Å²) < 4.78 is 62.7. The first-order valence-electron chi connectivity index (χ1n) is 4.25. The van der Waals surface area contributed by atoms with Gasteiger partial charge in [-0.2, -0.15) is 13.2 Å². The van der Waals surface area contributed by atoms with Gasteiger partial charge in [0.05, 0.1) is 0 Å². The number of halogens is 4. The largest absolute Gasteiger partial charge is 0.452 e. The molecule has 0 spiro atoms. The highest BCUT2D eigenvalue weighted by molar-refractivity contribution is 8.15. The number of aromatic nitrogens is 1. The van der Waals surface area contributed by atoms with E-state index in [-0.39, 0.29) is 15.5 Å². The molecule has 0 fully saturated rings. The third-order valence-electron chi connectivity index (χ3n) is 1.90. The molecule has 0 aliphatic carbocycles. The number of hydrogen-bond acceptors (Lipinski definition) is 5. The maximum atomic E-state index is 12.3. The zero-order chi connectivity index (χ0) is 13.6. The first-order chi connectivity index (χ1) is 8.18. The lowest BCUT2D eigenvalue weighted by Gasteiger charge is -1.97. The van der Waals surface area contributed by atoms with Crippen molar-refractivity contribution in [1.29, 1.82) is 0 Å². The molecular formula is C8H3ClF3NO3S2. The van der Waals surface area contributed by atoms with Gasteiger partial charge in [-0.15, -0.1) is 11.3 Å². The summed E-state index contributed by atoms with van der Waals surface area (Å²) in [6, 6.07) is 1.82. The Morgan fingerprint density at radius 1 is 1.33 bits per heavy atom. The molecule has 0 aromatic carbocycles. The van der Waals surface area contributed by atoms with Crippen LogP contribution in [-0.2, 0) is 15.2 Å². The Bertz CT molecular complexity index is 674. The lowest BCUT2D eigenvalue weighted by molar-refractivity contribution is -0.155. The SMILES string of the molecule is O=S(=O)(Cl)c1cc(-c2cc(C(F)(F)F)on2)cs1. The van der Waals surface area contributed by atoms with Crippen molar-refractivity contribution in [3.63, 3.8) is 0 Å². The maximum absolute atomic E-state index is 12.3. The van der Waals surface area contributed by atoms with E-state index in [0.717, 1.165) is 17.4 Å². The first kappa shape index (κ1) is 13.4. The highest BCUT2D eigenvalue weighted by Gasteiger charge is 2.36. The molecule has 18 heavy (non-hydrogen) atoms. The summed E-state index contributed by atoms with van der Waals surface area (Å²) in [5.41, 5.74) is 0.0867. The summed E-state index contributed by atoms with van der Waals surface area (Å²) in [5.74, 6) is -1.25. The molecule has 0 atom stereocenters. The summed E-state index contributed by atoms with van der Waals surface area (Å²) in [6.07, 6.45) is -4.64. The lowest BCUT2D eigenvalue weighted by Crippen LogP contribution is -2.02. The molecule has 2 aromatic heterocycles. The summed E-state index contributed by atoms with van der Waals surface area (Å²) >= 11 is 0.785. The second kappa shape index (κ2) is 4.25. The molecule has 98 valence electrons. The van der Waals surface area contributed by atoms with Gasteiger partial charge in [0, 0.05) is 27.7 Å². The van der Waals surface area contributed by atoms with Crippen molar-refractivity contribution in [1.82, 2.24) is 5.16 Å². The zero-order valence-corrected chi connectivity index (χ0v) is 10.6. The van der Waals surface area contributed by atoms with Crippen LogP contribution in [0.3, 0.4) is 0 Å². The quantitative estimate of drug-likeness (QED) is 0.797. The fourth-order valence-electron chi connectivity index (χ4n) is 1.12. The Labute approximate surface area is 107 Å². The van der Waals surface area contributed by atoms with E-state index in [0.29, 0.717) is 6.07 Å². The van der Waals surface area contributed by atoms with Crippen LogP contribution >= 0.6 is 22.0 Å². The van der Waals surface area contributed by atoms with E-state index >= 15 is 0 Å². The number of rotatable bonds is 2. The van der Waals surface area contributed by atoms with E-state index in [9.17, 15) is 21.6 Å². The van der Waals surface area contributed by atoms with Gasteiger partial charge in [0.1, 0.15) is 9.90 Å². The van der Waals surface area contributed by atoms with Gasteiger partial charge < -0.3 is 4.52 Å². The van der Waals surface area contributed by atoms with Crippen LogP contribution in [0.5, 0.6) is 0 Å². The van der Waals surface area contributed by atoms with Crippen LogP contribution in [-0.4, -0.2) is 13.6 Å². The standard InChI is InChI=1S/C8H3ClF3NO3S2/c9-18(14,15)7-1-4(3-17-7)5-2-6(16-13-5)8(10,11)12/h1-3H. The number of hydrogen-bond donors (Lipinski definition) is 0. The smallest absolute Gasteiger partial charge is 0.351 e. The van der Waals surface area contributed by atoms with Gasteiger partial charge in [0.15, 0.2) is 0 Å². The van der Waals surface area contributed by atoms with E-state index in [4.69, 9.17) is 10.7 Å². The van der Waals surface area contributed by atoms with Crippen molar-refractivity contribution < 1.29 is 26.1 Å². The molecular weight excluding hydrogens is 315 g/mol. The van der Waals surface area contributed by atoms with Crippen molar-refractivity contribution in [2.75, 3.05) is 0 Å². The topological polar surface area (TPSA) is 60.2 Å². The van der Waals surface area contributed by atoms with Crippen LogP contribution in [0.25, 0.3) is 11.3 Å². The van der Waals surface area contributed by atoms with Crippen LogP contribution in [0.2, 0.25) is 0 Å². The van der Waals surface area contributed by atoms with Crippen molar-refractivity contribution in [2.24, 2.45) is 0 Å². The van der Waals surface area contributed by atoms with Gasteiger partial charge in [0.25, 0.3) is 9.05 Å². The summed E-state index contributed by atoms with van der Waals surface area (Å²) in [6.45, 7) is 0. The summed E-state index contributed by atoms with van der Waals surface area (Å²) in [4.78, 5) is 0. The normalized spacial score (nSPS) is 12.9. The van der Waals surface area contributed by atoms with Crippen LogP contribution in [0, 0.1) is 0 Å². The Morgan fingerprint density at radius 3 is 2.44 bits per heavy atom. The monoisotopic (exact) mass is 317 g/mol. The fourth-order valence-corrected chi connectivity index (χ4v) is 3.08. The molecule has 0 aliphatic rings. The summed E-state index contributed by atoms with van der Waals surface area (Å²) in [5, 5.41) is 4.55. The van der Waals surface area contributed by atoms with Crippen LogP contribution in [0.1, 0.15) is 5.76 Å². The Morgan fingerprint density at radius 2 is 2.00 bits per heavy atom. The molecule has 0 radical (unpaired) electrons. The molecule has 0 N–H and O–H groups in total. The predicted octanol–water partition coefficient (Wildman–Crippen LogP) is 3.35. The minimum absolute atomic E-state index is 0.106. The highest BCUT2D eigenvalue weighted by atomic mass is 35.7. The van der Waals surface area contributed by atoms with E-state index in [2.05, 4.69) is 9.68 Å². The molecule has 0 aliphatic heterocycles. The Hall–Kier alpha value is -1.06. The minimum atomic E-state index is -4.64. The van der Waals surface area contributed by atoms with Crippen LogP contribution < -0.4 is 0 Å². The molecule has 0 unspecified atom stereocenters. The molecule has 0 saturated carbocycles. The molecule has 0 saturated heterocycles. The van der Waals surface area contributed by atoms with Crippen LogP contribution in [0.15, 0.2) is 26.2 Å². The van der Waals surface area contributed by atoms with E-state index < -0.39 is 21.0 Å². The van der Waals surface area contributed by atoms with Gasteiger partial charge in [0.2, 0.25) is 5.76 Å². The van der Waals surface area contributed by atoms with E-state index in [1.165, 1.54) is 5.38 Å².